The van der Waals surface area contributed by atoms with Crippen LogP contribution in [-0.4, -0.2) is 45.6 Å². The summed E-state index contributed by atoms with van der Waals surface area (Å²) in [5.41, 5.74) is 0. The fraction of sp³-hybridized carbons (Fsp3) is 1.00. The number of hydrogen-bond donors (Lipinski definition) is 0. The Hall–Kier alpha value is 0.135. The lowest BCUT2D eigenvalue weighted by Crippen LogP contribution is -2.23. The topological polar surface area (TPSA) is 54.0 Å². The second-order valence-electron chi connectivity index (χ2n) is 5.26. The van der Waals surface area contributed by atoms with E-state index in [1.807, 2.05) is 34.6 Å². The van der Waals surface area contributed by atoms with Crippen molar-refractivity contribution < 1.29 is 23.1 Å². The molecule has 0 bridgehead atoms. The van der Waals surface area contributed by atoms with Gasteiger partial charge >= 0.3 is 7.60 Å². The van der Waals surface area contributed by atoms with Crippen LogP contribution in [-0.2, 0) is 23.1 Å². The Bertz CT molecular complexity index is 284. The highest BCUT2D eigenvalue weighted by Crippen LogP contribution is 2.50. The van der Waals surface area contributed by atoms with E-state index in [-0.39, 0.29) is 24.7 Å². The van der Waals surface area contributed by atoms with Crippen LogP contribution in [0.25, 0.3) is 0 Å². The van der Waals surface area contributed by atoms with Gasteiger partial charge in [-0.2, -0.15) is 0 Å². The van der Waals surface area contributed by atoms with E-state index in [4.69, 9.17) is 26.4 Å². The maximum Gasteiger partial charge on any atom is 0.356 e. The molecule has 0 rings (SSSR count). The molecule has 7 heteroatoms. The Kier molecular flexibility index (Phi) is 10.0. The van der Waals surface area contributed by atoms with Crippen LogP contribution < -0.4 is 0 Å². The van der Waals surface area contributed by atoms with E-state index in [0.717, 1.165) is 6.42 Å². The number of methoxy groups -OCH3 is 1. The minimum absolute atomic E-state index is 0.0711. The van der Waals surface area contributed by atoms with Crippen molar-refractivity contribution in [3.05, 3.63) is 0 Å². The van der Waals surface area contributed by atoms with Crippen LogP contribution in [0.5, 0.6) is 0 Å². The molecule has 0 aromatic heterocycles. The minimum Gasteiger partial charge on any atom is -0.391 e. The zero-order chi connectivity index (χ0) is 15.8. The molecule has 0 saturated carbocycles. The molecule has 0 aliphatic heterocycles. The van der Waals surface area contributed by atoms with Gasteiger partial charge in [-0.3, -0.25) is 4.57 Å². The predicted octanol–water partition coefficient (Wildman–Crippen LogP) is 3.31. The summed E-state index contributed by atoms with van der Waals surface area (Å²) in [6, 6.07) is -0.392. The van der Waals surface area contributed by atoms with Crippen LogP contribution in [0.15, 0.2) is 0 Å². The normalized spacial score (nSPS) is 15.8. The van der Waals surface area contributed by atoms with Crippen molar-refractivity contribution in [2.45, 2.75) is 71.8 Å². The van der Waals surface area contributed by atoms with E-state index < -0.39 is 13.6 Å². The zero-order valence-electron chi connectivity index (χ0n) is 13.5. The lowest BCUT2D eigenvalue weighted by molar-refractivity contribution is 0.0240. The molecule has 2 atom stereocenters. The SMILES string of the molecule is [B][C@@H](C[C@H](CC)OCP(=O)(OC(C)C)OC(C)C)OC. The quantitative estimate of drug-likeness (QED) is 0.433. The molecule has 0 fully saturated rings. The van der Waals surface area contributed by atoms with Crippen LogP contribution in [0.2, 0.25) is 0 Å². The van der Waals surface area contributed by atoms with Gasteiger partial charge in [-0.05, 0) is 40.5 Å². The van der Waals surface area contributed by atoms with Crippen molar-refractivity contribution in [3.63, 3.8) is 0 Å². The van der Waals surface area contributed by atoms with E-state index in [1.54, 1.807) is 7.11 Å². The highest BCUT2D eigenvalue weighted by atomic mass is 31.2. The van der Waals surface area contributed by atoms with Crippen molar-refractivity contribution in [1.82, 2.24) is 0 Å². The predicted molar refractivity (Wildman–Crippen MR) is 81.2 cm³/mol. The van der Waals surface area contributed by atoms with Crippen molar-refractivity contribution in [2.75, 3.05) is 13.5 Å². The minimum atomic E-state index is -3.25. The van der Waals surface area contributed by atoms with E-state index in [9.17, 15) is 4.57 Å². The van der Waals surface area contributed by atoms with Gasteiger partial charge in [0.2, 0.25) is 0 Å². The van der Waals surface area contributed by atoms with Gasteiger partial charge in [0.1, 0.15) is 14.2 Å². The average molecular weight is 306 g/mol. The molecule has 0 saturated heterocycles. The molecule has 0 spiro atoms. The fourth-order valence-corrected chi connectivity index (χ4v) is 3.48. The summed E-state index contributed by atoms with van der Waals surface area (Å²) in [5, 5.41) is 0. The van der Waals surface area contributed by atoms with Gasteiger partial charge in [0.15, 0.2) is 0 Å². The highest BCUT2D eigenvalue weighted by Gasteiger charge is 2.29. The molecule has 0 heterocycles. The summed E-state index contributed by atoms with van der Waals surface area (Å²) in [5.74, 6) is 0. The van der Waals surface area contributed by atoms with E-state index in [0.29, 0.717) is 6.42 Å². The molecule has 0 aromatic carbocycles. The van der Waals surface area contributed by atoms with Gasteiger partial charge in [0, 0.05) is 13.1 Å². The Balaban J connectivity index is 4.53. The third-order valence-electron chi connectivity index (χ3n) is 2.46. The average Bonchev–Trinajstić information content (AvgIpc) is 2.31. The summed E-state index contributed by atoms with van der Waals surface area (Å²) < 4.78 is 34.1. The van der Waals surface area contributed by atoms with Crippen LogP contribution in [0.4, 0.5) is 0 Å². The molecule has 2 radical (unpaired) electrons. The summed E-state index contributed by atoms with van der Waals surface area (Å²) in [7, 11) is 4.01. The molecule has 0 amide bonds. The number of hydrogen-bond acceptors (Lipinski definition) is 5. The molecule has 0 unspecified atom stereocenters. The second kappa shape index (κ2) is 9.96. The van der Waals surface area contributed by atoms with E-state index in [2.05, 4.69) is 0 Å². The fourth-order valence-electron chi connectivity index (χ4n) is 1.63. The van der Waals surface area contributed by atoms with Crippen molar-refractivity contribution >= 4 is 15.4 Å². The molecule has 0 aliphatic rings. The van der Waals surface area contributed by atoms with Crippen LogP contribution in [0, 0.1) is 0 Å². The second-order valence-corrected chi connectivity index (χ2v) is 7.16. The van der Waals surface area contributed by atoms with Crippen molar-refractivity contribution in [3.8, 4) is 0 Å². The van der Waals surface area contributed by atoms with Gasteiger partial charge < -0.3 is 18.5 Å². The molecule has 20 heavy (non-hydrogen) atoms. The van der Waals surface area contributed by atoms with Gasteiger partial charge in [-0.15, -0.1) is 0 Å². The first-order valence-corrected chi connectivity index (χ1v) is 8.81. The van der Waals surface area contributed by atoms with E-state index in [1.165, 1.54) is 0 Å². The third kappa shape index (κ3) is 9.14. The summed E-state index contributed by atoms with van der Waals surface area (Å²) >= 11 is 0. The van der Waals surface area contributed by atoms with Gasteiger partial charge in [-0.1, -0.05) is 6.92 Å². The molecule has 0 aromatic rings. The Morgan fingerprint density at radius 2 is 1.60 bits per heavy atom. The van der Waals surface area contributed by atoms with Crippen molar-refractivity contribution in [2.24, 2.45) is 0 Å². The molecule has 118 valence electrons. The molecule has 0 N–H and O–H groups in total. The Morgan fingerprint density at radius 1 is 1.10 bits per heavy atom. The van der Waals surface area contributed by atoms with Crippen LogP contribution in [0.1, 0.15) is 47.5 Å². The maximum absolute atomic E-state index is 12.6. The first-order valence-electron chi connectivity index (χ1n) is 7.08. The molecular weight excluding hydrogens is 278 g/mol. The highest BCUT2D eigenvalue weighted by molar-refractivity contribution is 7.53. The Morgan fingerprint density at radius 3 is 1.95 bits per heavy atom. The number of rotatable bonds is 11. The van der Waals surface area contributed by atoms with Crippen LogP contribution in [0.3, 0.4) is 0 Å². The van der Waals surface area contributed by atoms with Gasteiger partial charge in [0.05, 0.1) is 18.3 Å². The zero-order valence-corrected chi connectivity index (χ0v) is 14.4. The largest absolute Gasteiger partial charge is 0.391 e. The maximum atomic E-state index is 12.6. The summed E-state index contributed by atoms with van der Waals surface area (Å²) in [6.45, 7) is 9.23. The third-order valence-corrected chi connectivity index (χ3v) is 4.42. The lowest BCUT2D eigenvalue weighted by atomic mass is 9.93. The van der Waals surface area contributed by atoms with Gasteiger partial charge in [0.25, 0.3) is 0 Å². The lowest BCUT2D eigenvalue weighted by Gasteiger charge is -2.26. The number of ether oxygens (including phenoxy) is 2. The first kappa shape index (κ1) is 20.1. The van der Waals surface area contributed by atoms with Crippen LogP contribution >= 0.6 is 7.60 Å². The molecule has 5 nitrogen and oxygen atoms in total. The summed E-state index contributed by atoms with van der Waals surface area (Å²) in [4.78, 5) is 0. The smallest absolute Gasteiger partial charge is 0.356 e. The van der Waals surface area contributed by atoms with Gasteiger partial charge in [-0.25, -0.2) is 0 Å². The van der Waals surface area contributed by atoms with Crippen molar-refractivity contribution in [1.29, 1.82) is 0 Å². The Labute approximate surface area is 124 Å². The monoisotopic (exact) mass is 306 g/mol. The molecule has 0 aliphatic carbocycles. The summed E-state index contributed by atoms with van der Waals surface area (Å²) in [6.07, 6.45) is 0.702. The van der Waals surface area contributed by atoms with E-state index >= 15 is 0 Å². The standard InChI is InChI=1S/C13H28BO5P/c1-7-12(8-13(14)16-6)17-9-20(15,18-10(2)3)19-11(4)5/h10-13H,7-9H2,1-6H3/t12-,13+/m0/s1. The molecular formula is C13H28BO5P. The first-order chi connectivity index (χ1) is 9.22.